The third kappa shape index (κ3) is 2.25. The Balaban J connectivity index is 2.05. The molecule has 16 heavy (non-hydrogen) atoms. The molecule has 0 atom stereocenters. The minimum absolute atomic E-state index is 0.764. The second-order valence-corrected chi connectivity index (χ2v) is 3.25. The molecule has 0 saturated carbocycles. The van der Waals surface area contributed by atoms with Crippen molar-refractivity contribution in [1.82, 2.24) is 14.9 Å². The Morgan fingerprint density at radius 3 is 2.69 bits per heavy atom. The van der Waals surface area contributed by atoms with Crippen LogP contribution in [0.4, 0.5) is 0 Å². The molecule has 2 aromatic rings. The lowest BCUT2D eigenvalue weighted by Crippen LogP contribution is -1.94. The normalized spacial score (nSPS) is 11.9. The number of aryl methyl sites for hydroxylation is 2. The Morgan fingerprint density at radius 2 is 2.06 bits per heavy atom. The van der Waals surface area contributed by atoms with E-state index in [-0.39, 0.29) is 0 Å². The molecular formula is C11H12N4O. The van der Waals surface area contributed by atoms with Crippen LogP contribution in [0.1, 0.15) is 17.4 Å². The number of hydrogen-bond donors (Lipinski definition) is 0. The van der Waals surface area contributed by atoms with E-state index in [0.717, 1.165) is 17.4 Å². The summed E-state index contributed by atoms with van der Waals surface area (Å²) >= 11 is 0. The zero-order chi connectivity index (χ0) is 11.4. The van der Waals surface area contributed by atoms with Gasteiger partial charge in [-0.1, -0.05) is 0 Å². The van der Waals surface area contributed by atoms with Gasteiger partial charge in [0.25, 0.3) is 0 Å². The van der Waals surface area contributed by atoms with E-state index in [9.17, 15) is 0 Å². The predicted octanol–water partition coefficient (Wildman–Crippen LogP) is 2.04. The molecule has 0 radical (unpaired) electrons. The van der Waals surface area contributed by atoms with Gasteiger partial charge in [0.2, 0.25) is 0 Å². The summed E-state index contributed by atoms with van der Waals surface area (Å²) in [6.45, 7) is 3.71. The maximum Gasteiger partial charge on any atom is 0.151 e. The van der Waals surface area contributed by atoms with Crippen LogP contribution in [0.15, 0.2) is 34.0 Å². The Hall–Kier alpha value is -2.17. The van der Waals surface area contributed by atoms with Gasteiger partial charge >= 0.3 is 0 Å². The highest BCUT2D eigenvalue weighted by atomic mass is 16.3. The van der Waals surface area contributed by atoms with Gasteiger partial charge in [0, 0.05) is 6.21 Å². The fourth-order valence-corrected chi connectivity index (χ4v) is 1.26. The van der Waals surface area contributed by atoms with Gasteiger partial charge in [0.05, 0.1) is 6.26 Å². The van der Waals surface area contributed by atoms with Crippen molar-refractivity contribution in [3.8, 4) is 0 Å². The number of rotatable bonds is 3. The first kappa shape index (κ1) is 10.4. The van der Waals surface area contributed by atoms with Crippen LogP contribution in [0.2, 0.25) is 0 Å². The van der Waals surface area contributed by atoms with Gasteiger partial charge in [-0.15, -0.1) is 10.2 Å². The van der Waals surface area contributed by atoms with E-state index in [1.807, 2.05) is 32.1 Å². The summed E-state index contributed by atoms with van der Waals surface area (Å²) < 4.78 is 6.81. The number of furan rings is 1. The summed E-state index contributed by atoms with van der Waals surface area (Å²) in [7, 11) is 0. The summed E-state index contributed by atoms with van der Waals surface area (Å²) in [6.07, 6.45) is 6.94. The van der Waals surface area contributed by atoms with Crippen molar-refractivity contribution < 1.29 is 4.42 Å². The second-order valence-electron chi connectivity index (χ2n) is 3.25. The first-order valence-corrected chi connectivity index (χ1v) is 4.90. The SMILES string of the molecule is Cc1nnc(C)n1/N=C/C=C/c1ccco1. The molecule has 2 heterocycles. The summed E-state index contributed by atoms with van der Waals surface area (Å²) in [4.78, 5) is 0. The molecule has 0 fully saturated rings. The van der Waals surface area contributed by atoms with Crippen LogP contribution in [0.3, 0.4) is 0 Å². The van der Waals surface area contributed by atoms with Gasteiger partial charge < -0.3 is 4.42 Å². The lowest BCUT2D eigenvalue weighted by atomic mass is 10.4. The molecule has 0 amide bonds. The maximum atomic E-state index is 5.14. The maximum absolute atomic E-state index is 5.14. The van der Waals surface area contributed by atoms with Crippen LogP contribution in [0, 0.1) is 13.8 Å². The van der Waals surface area contributed by atoms with E-state index in [2.05, 4.69) is 15.3 Å². The van der Waals surface area contributed by atoms with Crippen LogP contribution in [0.25, 0.3) is 6.08 Å². The van der Waals surface area contributed by atoms with Crippen molar-refractivity contribution >= 4 is 12.3 Å². The zero-order valence-electron chi connectivity index (χ0n) is 9.16. The minimum atomic E-state index is 0.764. The second kappa shape index (κ2) is 4.57. The fraction of sp³-hybridized carbons (Fsp3) is 0.182. The van der Waals surface area contributed by atoms with Gasteiger partial charge in [-0.05, 0) is 38.1 Å². The molecule has 0 aliphatic carbocycles. The Kier molecular flexibility index (Phi) is 2.95. The molecule has 0 aliphatic rings. The van der Waals surface area contributed by atoms with Crippen LogP contribution in [-0.2, 0) is 0 Å². The van der Waals surface area contributed by atoms with Gasteiger partial charge in [0.15, 0.2) is 11.6 Å². The first-order valence-electron chi connectivity index (χ1n) is 4.90. The largest absolute Gasteiger partial charge is 0.465 e. The van der Waals surface area contributed by atoms with Gasteiger partial charge in [-0.25, -0.2) is 4.68 Å². The highest BCUT2D eigenvalue weighted by molar-refractivity contribution is 5.77. The summed E-state index contributed by atoms with van der Waals surface area (Å²) in [5, 5.41) is 12.0. The van der Waals surface area contributed by atoms with E-state index in [4.69, 9.17) is 4.42 Å². The van der Waals surface area contributed by atoms with Crippen LogP contribution in [-0.4, -0.2) is 21.1 Å². The van der Waals surface area contributed by atoms with Crippen molar-refractivity contribution in [3.05, 3.63) is 41.9 Å². The molecule has 2 rings (SSSR count). The van der Waals surface area contributed by atoms with E-state index >= 15 is 0 Å². The zero-order valence-corrected chi connectivity index (χ0v) is 9.16. The highest BCUT2D eigenvalue weighted by Gasteiger charge is 1.99. The minimum Gasteiger partial charge on any atom is -0.465 e. The molecule has 0 unspecified atom stereocenters. The predicted molar refractivity (Wildman–Crippen MR) is 61.1 cm³/mol. The van der Waals surface area contributed by atoms with E-state index in [1.54, 1.807) is 23.2 Å². The molecule has 82 valence electrons. The van der Waals surface area contributed by atoms with Crippen LogP contribution >= 0.6 is 0 Å². The molecule has 5 heteroatoms. The number of nitrogens with zero attached hydrogens (tertiary/aromatic N) is 4. The third-order valence-electron chi connectivity index (χ3n) is 2.02. The smallest absolute Gasteiger partial charge is 0.151 e. The fourth-order valence-electron chi connectivity index (χ4n) is 1.26. The molecule has 0 saturated heterocycles. The van der Waals surface area contributed by atoms with Crippen molar-refractivity contribution in [2.75, 3.05) is 0 Å². The van der Waals surface area contributed by atoms with Crippen molar-refractivity contribution in [2.24, 2.45) is 5.10 Å². The summed E-state index contributed by atoms with van der Waals surface area (Å²) in [5.41, 5.74) is 0. The molecule has 5 nitrogen and oxygen atoms in total. The average molecular weight is 216 g/mol. The van der Waals surface area contributed by atoms with E-state index in [0.29, 0.717) is 0 Å². The van der Waals surface area contributed by atoms with Crippen LogP contribution < -0.4 is 0 Å². The molecule has 0 spiro atoms. The third-order valence-corrected chi connectivity index (χ3v) is 2.02. The summed E-state index contributed by atoms with van der Waals surface area (Å²) in [6, 6.07) is 3.71. The Bertz CT molecular complexity index is 489. The Morgan fingerprint density at radius 1 is 1.31 bits per heavy atom. The molecule has 0 N–H and O–H groups in total. The van der Waals surface area contributed by atoms with Crippen LogP contribution in [0.5, 0.6) is 0 Å². The van der Waals surface area contributed by atoms with E-state index in [1.165, 1.54) is 0 Å². The number of hydrogen-bond acceptors (Lipinski definition) is 4. The number of allylic oxidation sites excluding steroid dienone is 1. The average Bonchev–Trinajstić information content (AvgIpc) is 2.87. The molecular weight excluding hydrogens is 204 g/mol. The standard InChI is InChI=1S/C11H12N4O/c1-9-13-14-10(2)15(9)12-7-3-5-11-6-4-8-16-11/h3-8H,1-2H3/b5-3+,12-7+. The molecule has 0 bridgehead atoms. The Labute approximate surface area is 93.1 Å². The molecule has 2 aromatic heterocycles. The molecule has 0 aliphatic heterocycles. The van der Waals surface area contributed by atoms with E-state index < -0.39 is 0 Å². The highest BCUT2D eigenvalue weighted by Crippen LogP contribution is 2.01. The summed E-state index contributed by atoms with van der Waals surface area (Å²) in [5.74, 6) is 2.32. The quantitative estimate of drug-likeness (QED) is 0.737. The molecule has 0 aromatic carbocycles. The van der Waals surface area contributed by atoms with Gasteiger partial charge in [0.1, 0.15) is 5.76 Å². The number of aromatic nitrogens is 3. The monoisotopic (exact) mass is 216 g/mol. The topological polar surface area (TPSA) is 56.2 Å². The van der Waals surface area contributed by atoms with Crippen molar-refractivity contribution in [3.63, 3.8) is 0 Å². The lowest BCUT2D eigenvalue weighted by molar-refractivity contribution is 0.557. The van der Waals surface area contributed by atoms with Gasteiger partial charge in [-0.2, -0.15) is 5.10 Å². The first-order chi connectivity index (χ1) is 7.77. The van der Waals surface area contributed by atoms with Crippen molar-refractivity contribution in [1.29, 1.82) is 0 Å². The van der Waals surface area contributed by atoms with Crippen molar-refractivity contribution in [2.45, 2.75) is 13.8 Å². The lowest BCUT2D eigenvalue weighted by Gasteiger charge is -1.94. The van der Waals surface area contributed by atoms with Gasteiger partial charge in [-0.3, -0.25) is 0 Å².